The van der Waals surface area contributed by atoms with E-state index in [0.29, 0.717) is 11.3 Å². The number of hydrogen-bond acceptors (Lipinski definition) is 7. The van der Waals surface area contributed by atoms with E-state index < -0.39 is 40.5 Å². The Hall–Kier alpha value is -1.77. The first-order chi connectivity index (χ1) is 14.3. The van der Waals surface area contributed by atoms with Crippen molar-refractivity contribution in [1.29, 1.82) is 0 Å². The van der Waals surface area contributed by atoms with E-state index in [1.807, 2.05) is 30.3 Å². The second-order valence-corrected chi connectivity index (χ2v) is 10.2. The summed E-state index contributed by atoms with van der Waals surface area (Å²) in [6, 6.07) is 13.1. The minimum Gasteiger partial charge on any atom is -0.388 e. The van der Waals surface area contributed by atoms with E-state index in [0.717, 1.165) is 17.8 Å². The molecular weight excluding hydrogens is 426 g/mol. The molecule has 0 radical (unpaired) electrons. The topological polar surface area (TPSA) is 116 Å². The first-order valence-corrected chi connectivity index (χ1v) is 11.9. The Morgan fingerprint density at radius 2 is 1.80 bits per heavy atom. The minimum atomic E-state index is -3.82. The number of nitrogens with one attached hydrogen (secondary N) is 1. The van der Waals surface area contributed by atoms with Crippen molar-refractivity contribution in [3.05, 3.63) is 52.9 Å². The van der Waals surface area contributed by atoms with Crippen molar-refractivity contribution in [3.63, 3.8) is 0 Å². The highest BCUT2D eigenvalue weighted by atomic mass is 32.2. The maximum absolute atomic E-state index is 12.5. The van der Waals surface area contributed by atoms with Gasteiger partial charge in [-0.2, -0.15) is 0 Å². The fourth-order valence-corrected chi connectivity index (χ4v) is 5.37. The lowest BCUT2D eigenvalue weighted by Gasteiger charge is -2.39. The zero-order chi connectivity index (χ0) is 21.7. The predicted octanol–water partition coefficient (Wildman–Crippen LogP) is 0.881. The number of aliphatic hydroxyl groups is 3. The summed E-state index contributed by atoms with van der Waals surface area (Å²) in [5.74, 6) is 6.05. The van der Waals surface area contributed by atoms with Crippen molar-refractivity contribution in [1.82, 2.24) is 4.72 Å². The molecule has 0 amide bonds. The lowest BCUT2D eigenvalue weighted by Crippen LogP contribution is -2.59. The quantitative estimate of drug-likeness (QED) is 0.485. The van der Waals surface area contributed by atoms with E-state index in [2.05, 4.69) is 16.6 Å². The molecule has 2 aromatic rings. The van der Waals surface area contributed by atoms with Gasteiger partial charge in [-0.15, -0.1) is 11.3 Å². The zero-order valence-corrected chi connectivity index (χ0v) is 18.1. The lowest BCUT2D eigenvalue weighted by atomic mass is 9.96. The molecule has 0 bridgehead atoms. The maximum atomic E-state index is 12.5. The molecule has 1 fully saturated rings. The smallest absolute Gasteiger partial charge is 0.250 e. The van der Waals surface area contributed by atoms with E-state index in [1.165, 1.54) is 11.6 Å². The highest BCUT2D eigenvalue weighted by Crippen LogP contribution is 2.23. The molecule has 0 spiro atoms. The largest absolute Gasteiger partial charge is 0.388 e. The fourth-order valence-electron chi connectivity index (χ4n) is 3.10. The van der Waals surface area contributed by atoms with Crippen LogP contribution in [0, 0.1) is 11.8 Å². The van der Waals surface area contributed by atoms with Gasteiger partial charge in [0.1, 0.15) is 28.6 Å². The van der Waals surface area contributed by atoms with E-state index in [4.69, 9.17) is 4.74 Å². The summed E-state index contributed by atoms with van der Waals surface area (Å²) in [4.78, 5) is 0.643. The van der Waals surface area contributed by atoms with Crippen LogP contribution < -0.4 is 4.72 Å². The van der Waals surface area contributed by atoms with Crippen molar-refractivity contribution in [2.24, 2.45) is 0 Å². The number of thiophene rings is 1. The molecule has 1 aliphatic heterocycles. The molecule has 7 nitrogen and oxygen atoms in total. The lowest BCUT2D eigenvalue weighted by molar-refractivity contribution is -0.214. The van der Waals surface area contributed by atoms with Crippen LogP contribution >= 0.6 is 11.3 Å². The summed E-state index contributed by atoms with van der Waals surface area (Å²) in [6.07, 6.45) is -4.22. The molecule has 5 atom stereocenters. The Balaban J connectivity index is 1.56. The normalized spacial score (nSPS) is 26.7. The molecule has 0 unspecified atom stereocenters. The molecule has 3 rings (SSSR count). The van der Waals surface area contributed by atoms with E-state index in [-0.39, 0.29) is 10.8 Å². The number of ether oxygens (including phenoxy) is 1. The van der Waals surface area contributed by atoms with E-state index in [9.17, 15) is 23.7 Å². The van der Waals surface area contributed by atoms with Crippen LogP contribution in [0.1, 0.15) is 23.8 Å². The molecule has 1 aliphatic rings. The van der Waals surface area contributed by atoms with Gasteiger partial charge in [-0.3, -0.25) is 0 Å². The summed E-state index contributed by atoms with van der Waals surface area (Å²) >= 11 is 1.06. The molecule has 4 N–H and O–H groups in total. The Morgan fingerprint density at radius 1 is 1.07 bits per heavy atom. The maximum Gasteiger partial charge on any atom is 0.250 e. The van der Waals surface area contributed by atoms with Gasteiger partial charge in [0, 0.05) is 13.0 Å². The van der Waals surface area contributed by atoms with Crippen molar-refractivity contribution >= 4 is 21.4 Å². The van der Waals surface area contributed by atoms with Crippen LogP contribution in [-0.4, -0.2) is 60.8 Å². The Labute approximate surface area is 180 Å². The number of aryl methyl sites for hydroxylation is 1. The SMILES string of the molecule is C[C@@H]1O[C@H](CNS(=O)(=O)c2ccc(C#CCCc3ccccc3)s2)[C@@H](O)[C@H](O)[C@@H]1O. The van der Waals surface area contributed by atoms with Crippen LogP contribution in [0.3, 0.4) is 0 Å². The van der Waals surface area contributed by atoms with Crippen LogP contribution in [0.15, 0.2) is 46.7 Å². The number of rotatable bonds is 6. The van der Waals surface area contributed by atoms with Crippen LogP contribution in [0.4, 0.5) is 0 Å². The Kier molecular flexibility index (Phi) is 7.65. The van der Waals surface area contributed by atoms with Crippen LogP contribution in [0.5, 0.6) is 0 Å². The number of benzene rings is 1. The van der Waals surface area contributed by atoms with Gasteiger partial charge in [0.15, 0.2) is 0 Å². The number of hydrogen-bond donors (Lipinski definition) is 4. The highest BCUT2D eigenvalue weighted by Gasteiger charge is 2.41. The third-order valence-corrected chi connectivity index (χ3v) is 7.78. The van der Waals surface area contributed by atoms with Gasteiger partial charge < -0.3 is 20.1 Å². The van der Waals surface area contributed by atoms with Gasteiger partial charge in [-0.05, 0) is 31.0 Å². The summed E-state index contributed by atoms with van der Waals surface area (Å²) in [5, 5.41) is 29.6. The van der Waals surface area contributed by atoms with E-state index >= 15 is 0 Å². The summed E-state index contributed by atoms with van der Waals surface area (Å²) in [5.41, 5.74) is 1.20. The average Bonchev–Trinajstić information content (AvgIpc) is 3.22. The van der Waals surface area contributed by atoms with Crippen LogP contribution in [0.25, 0.3) is 0 Å². The second-order valence-electron chi connectivity index (χ2n) is 7.11. The van der Waals surface area contributed by atoms with Gasteiger partial charge >= 0.3 is 0 Å². The molecule has 1 aromatic heterocycles. The summed E-state index contributed by atoms with van der Waals surface area (Å²) in [7, 11) is -3.82. The standard InChI is InChI=1S/C21H25NO6S2/c1-14-19(23)21(25)20(24)17(28-14)13-22-30(26,27)18-12-11-16(29-18)10-6-5-9-15-7-3-2-4-8-15/h2-4,7-8,11-12,14,17,19-25H,5,9,13H2,1H3/t14-,17+,19+,20+,21+/m0/s1. The third-order valence-electron chi connectivity index (χ3n) is 4.86. The Bertz CT molecular complexity index is 995. The predicted molar refractivity (Wildman–Crippen MR) is 114 cm³/mol. The van der Waals surface area contributed by atoms with Crippen molar-refractivity contribution < 1.29 is 28.5 Å². The molecule has 1 aromatic carbocycles. The fraction of sp³-hybridized carbons (Fsp3) is 0.429. The molecular formula is C21H25NO6S2. The molecule has 1 saturated heterocycles. The van der Waals surface area contributed by atoms with Crippen LogP contribution in [-0.2, 0) is 21.2 Å². The van der Waals surface area contributed by atoms with Crippen molar-refractivity contribution in [2.75, 3.05) is 6.54 Å². The van der Waals surface area contributed by atoms with E-state index in [1.54, 1.807) is 13.0 Å². The molecule has 30 heavy (non-hydrogen) atoms. The van der Waals surface area contributed by atoms with Gasteiger partial charge in [-0.1, -0.05) is 42.2 Å². The summed E-state index contributed by atoms with van der Waals surface area (Å²) < 4.78 is 33.0. The van der Waals surface area contributed by atoms with Crippen molar-refractivity contribution in [2.45, 2.75) is 54.5 Å². The van der Waals surface area contributed by atoms with Gasteiger partial charge in [0.05, 0.1) is 11.0 Å². The monoisotopic (exact) mass is 451 g/mol. The summed E-state index contributed by atoms with van der Waals surface area (Å²) in [6.45, 7) is 1.32. The number of aliphatic hydroxyl groups excluding tert-OH is 3. The average molecular weight is 452 g/mol. The zero-order valence-electron chi connectivity index (χ0n) is 16.4. The molecule has 2 heterocycles. The highest BCUT2D eigenvalue weighted by molar-refractivity contribution is 7.91. The first kappa shape index (κ1) is 22.9. The van der Waals surface area contributed by atoms with Crippen molar-refractivity contribution in [3.8, 4) is 11.8 Å². The second kappa shape index (κ2) is 10.0. The molecule has 0 saturated carbocycles. The number of sulfonamides is 1. The third kappa shape index (κ3) is 5.68. The first-order valence-electron chi connectivity index (χ1n) is 9.60. The van der Waals surface area contributed by atoms with Gasteiger partial charge in [0.25, 0.3) is 0 Å². The van der Waals surface area contributed by atoms with Crippen LogP contribution in [0.2, 0.25) is 0 Å². The minimum absolute atomic E-state index is 0.105. The molecule has 0 aliphatic carbocycles. The molecule has 9 heteroatoms. The van der Waals surface area contributed by atoms with Gasteiger partial charge in [-0.25, -0.2) is 13.1 Å². The Morgan fingerprint density at radius 3 is 2.53 bits per heavy atom. The van der Waals surface area contributed by atoms with Gasteiger partial charge in [0.2, 0.25) is 10.0 Å². The molecule has 162 valence electrons.